The monoisotopic (exact) mass is 534 g/mol. The van der Waals surface area contributed by atoms with Crippen LogP contribution in [0.4, 0.5) is 0 Å². The third kappa shape index (κ3) is 7.89. The fraction of sp³-hybridized carbons (Fsp3) is 0.417. The van der Waals surface area contributed by atoms with Crippen LogP contribution in [-0.4, -0.2) is 71.4 Å². The highest BCUT2D eigenvalue weighted by Gasteiger charge is 2.53. The molecule has 0 unspecified atom stereocenters. The molecule has 0 aromatic heterocycles. The number of hydrogen-bond acceptors (Lipinski definition) is 12. The Morgan fingerprint density at radius 1 is 0.919 bits per heavy atom. The number of esters is 4. The molecule has 1 amide bonds. The SMILES string of the molecule is CC(=O)OC[C@@H]1O[C@H](SC2=N/C(=C\c3ccccc3)C(=O)N2)[C@H](OC(C)=O)[C@H](OC(C)=O)[C@H]1OC(C)=O. The summed E-state index contributed by atoms with van der Waals surface area (Å²) in [6.45, 7) is 4.25. The zero-order chi connectivity index (χ0) is 27.1. The van der Waals surface area contributed by atoms with Gasteiger partial charge in [0, 0.05) is 27.7 Å². The molecule has 2 aliphatic heterocycles. The normalized spacial score (nSPS) is 26.1. The van der Waals surface area contributed by atoms with Gasteiger partial charge in [-0.3, -0.25) is 29.3 Å². The first-order valence-electron chi connectivity index (χ1n) is 11.2. The van der Waals surface area contributed by atoms with Gasteiger partial charge < -0.3 is 23.7 Å². The number of rotatable bonds is 7. The third-order valence-corrected chi connectivity index (χ3v) is 5.98. The summed E-state index contributed by atoms with van der Waals surface area (Å²) in [6.07, 6.45) is -3.36. The fourth-order valence-corrected chi connectivity index (χ4v) is 4.67. The Balaban J connectivity index is 1.94. The summed E-state index contributed by atoms with van der Waals surface area (Å²) >= 11 is 0.892. The Labute approximate surface area is 216 Å². The minimum Gasteiger partial charge on any atom is -0.463 e. The first-order chi connectivity index (χ1) is 17.5. The zero-order valence-electron chi connectivity index (χ0n) is 20.5. The van der Waals surface area contributed by atoms with Crippen LogP contribution in [0.2, 0.25) is 0 Å². The second kappa shape index (κ2) is 12.5. The van der Waals surface area contributed by atoms with Crippen LogP contribution in [0.25, 0.3) is 6.08 Å². The molecule has 1 N–H and O–H groups in total. The number of nitrogens with zero attached hydrogens (tertiary/aromatic N) is 1. The van der Waals surface area contributed by atoms with Crippen molar-refractivity contribution >= 4 is 52.8 Å². The summed E-state index contributed by atoms with van der Waals surface area (Å²) in [5, 5.41) is 2.75. The van der Waals surface area contributed by atoms with Gasteiger partial charge in [-0.2, -0.15) is 0 Å². The van der Waals surface area contributed by atoms with Crippen molar-refractivity contribution in [3.05, 3.63) is 41.6 Å². The highest BCUT2D eigenvalue weighted by molar-refractivity contribution is 8.14. The van der Waals surface area contributed by atoms with E-state index in [0.29, 0.717) is 0 Å². The molecule has 13 heteroatoms. The number of amidine groups is 1. The highest BCUT2D eigenvalue weighted by Crippen LogP contribution is 2.35. The van der Waals surface area contributed by atoms with Crippen LogP contribution in [0, 0.1) is 0 Å². The van der Waals surface area contributed by atoms with Crippen LogP contribution in [0.15, 0.2) is 41.0 Å². The van der Waals surface area contributed by atoms with E-state index in [4.69, 9.17) is 23.7 Å². The minimum atomic E-state index is -1.31. The summed E-state index contributed by atoms with van der Waals surface area (Å²) in [7, 11) is 0. The standard InChI is InChI=1S/C24H26N2O10S/c1-12(27)32-11-18-19(33-13(2)28)20(34-14(3)29)21(35-15(4)30)23(36-18)37-24-25-17(22(31)26-24)10-16-8-6-5-7-9-16/h5-10,18-21,23H,11H2,1-4H3,(H,25,26,31)/b17-10-/t18-,19-,20+,21+,23+/m0/s1. The van der Waals surface area contributed by atoms with Crippen molar-refractivity contribution in [1.29, 1.82) is 0 Å². The van der Waals surface area contributed by atoms with Crippen molar-refractivity contribution in [2.24, 2.45) is 4.99 Å². The molecular formula is C24H26N2O10S. The molecule has 2 aliphatic rings. The van der Waals surface area contributed by atoms with E-state index in [1.807, 2.05) is 18.2 Å². The topological polar surface area (TPSA) is 156 Å². The van der Waals surface area contributed by atoms with Crippen molar-refractivity contribution in [2.75, 3.05) is 6.61 Å². The summed E-state index contributed by atoms with van der Waals surface area (Å²) < 4.78 is 27.2. The van der Waals surface area contributed by atoms with Gasteiger partial charge >= 0.3 is 23.9 Å². The molecule has 0 spiro atoms. The van der Waals surface area contributed by atoms with Gasteiger partial charge in [-0.25, -0.2) is 4.99 Å². The lowest BCUT2D eigenvalue weighted by Gasteiger charge is -2.44. The zero-order valence-corrected chi connectivity index (χ0v) is 21.3. The molecule has 1 saturated heterocycles. The Hall–Kier alpha value is -3.71. The molecular weight excluding hydrogens is 508 g/mol. The average Bonchev–Trinajstić information content (AvgIpc) is 3.14. The summed E-state index contributed by atoms with van der Waals surface area (Å²) in [5.41, 5.74) is -0.204. The quantitative estimate of drug-likeness (QED) is 0.306. The lowest BCUT2D eigenvalue weighted by atomic mass is 9.99. The third-order valence-electron chi connectivity index (χ3n) is 4.95. The number of hydrogen-bond donors (Lipinski definition) is 1. The van der Waals surface area contributed by atoms with Gasteiger partial charge in [-0.1, -0.05) is 42.1 Å². The minimum absolute atomic E-state index is 0.132. The first kappa shape index (κ1) is 27.9. The van der Waals surface area contributed by atoms with Crippen LogP contribution >= 0.6 is 11.8 Å². The average molecular weight is 535 g/mol. The van der Waals surface area contributed by atoms with E-state index < -0.39 is 59.6 Å². The van der Waals surface area contributed by atoms with Gasteiger partial charge in [0.1, 0.15) is 18.4 Å². The summed E-state index contributed by atoms with van der Waals surface area (Å²) in [6, 6.07) is 9.08. The molecule has 1 aromatic carbocycles. The lowest BCUT2D eigenvalue weighted by Crippen LogP contribution is -2.61. The number of benzene rings is 1. The van der Waals surface area contributed by atoms with Crippen LogP contribution in [-0.2, 0) is 47.7 Å². The van der Waals surface area contributed by atoms with Gasteiger partial charge in [0.2, 0.25) is 0 Å². The number of nitrogens with one attached hydrogen (secondary N) is 1. The molecule has 0 radical (unpaired) electrons. The Bertz CT molecular complexity index is 1120. The molecule has 198 valence electrons. The molecule has 0 aliphatic carbocycles. The van der Waals surface area contributed by atoms with Gasteiger partial charge in [-0.05, 0) is 11.6 Å². The molecule has 5 atom stereocenters. The number of ether oxygens (including phenoxy) is 5. The van der Waals surface area contributed by atoms with Crippen molar-refractivity contribution in [3.8, 4) is 0 Å². The van der Waals surface area contributed by atoms with E-state index in [2.05, 4.69) is 10.3 Å². The predicted octanol–water partition coefficient (Wildman–Crippen LogP) is 1.33. The van der Waals surface area contributed by atoms with E-state index in [1.165, 1.54) is 6.92 Å². The smallest absolute Gasteiger partial charge is 0.303 e. The Kier molecular flexibility index (Phi) is 9.42. The molecule has 37 heavy (non-hydrogen) atoms. The molecule has 2 heterocycles. The summed E-state index contributed by atoms with van der Waals surface area (Å²) in [5.74, 6) is -3.27. The predicted molar refractivity (Wildman–Crippen MR) is 130 cm³/mol. The first-order valence-corrected chi connectivity index (χ1v) is 12.1. The summed E-state index contributed by atoms with van der Waals surface area (Å²) in [4.78, 5) is 64.0. The molecule has 0 saturated carbocycles. The number of amides is 1. The van der Waals surface area contributed by atoms with Crippen LogP contribution in [0.3, 0.4) is 0 Å². The van der Waals surface area contributed by atoms with Gasteiger partial charge in [0.15, 0.2) is 28.9 Å². The van der Waals surface area contributed by atoms with Crippen LogP contribution < -0.4 is 5.32 Å². The maximum Gasteiger partial charge on any atom is 0.303 e. The van der Waals surface area contributed by atoms with Crippen molar-refractivity contribution in [3.63, 3.8) is 0 Å². The number of thioether (sulfide) groups is 1. The van der Waals surface area contributed by atoms with Crippen molar-refractivity contribution in [2.45, 2.75) is 57.5 Å². The Morgan fingerprint density at radius 3 is 2.11 bits per heavy atom. The highest BCUT2D eigenvalue weighted by atomic mass is 32.2. The number of aliphatic imine (C=N–C) groups is 1. The maximum absolute atomic E-state index is 12.5. The van der Waals surface area contributed by atoms with Gasteiger partial charge in [0.05, 0.1) is 0 Å². The lowest BCUT2D eigenvalue weighted by molar-refractivity contribution is -0.237. The van der Waals surface area contributed by atoms with E-state index in [0.717, 1.165) is 38.1 Å². The Morgan fingerprint density at radius 2 is 1.51 bits per heavy atom. The second-order valence-electron chi connectivity index (χ2n) is 8.00. The van der Waals surface area contributed by atoms with E-state index >= 15 is 0 Å². The second-order valence-corrected chi connectivity index (χ2v) is 9.08. The van der Waals surface area contributed by atoms with Crippen LogP contribution in [0.5, 0.6) is 0 Å². The molecule has 12 nitrogen and oxygen atoms in total. The molecule has 3 rings (SSSR count). The number of carbonyl (C=O) groups excluding carboxylic acids is 5. The van der Waals surface area contributed by atoms with Crippen LogP contribution in [0.1, 0.15) is 33.3 Å². The van der Waals surface area contributed by atoms with E-state index in [9.17, 15) is 24.0 Å². The van der Waals surface area contributed by atoms with Crippen molar-refractivity contribution in [1.82, 2.24) is 5.32 Å². The molecule has 1 aromatic rings. The molecule has 0 bridgehead atoms. The maximum atomic E-state index is 12.5. The van der Waals surface area contributed by atoms with E-state index in [1.54, 1.807) is 18.2 Å². The number of carbonyl (C=O) groups is 5. The van der Waals surface area contributed by atoms with Crippen molar-refractivity contribution < 1.29 is 47.7 Å². The largest absolute Gasteiger partial charge is 0.463 e. The fourth-order valence-electron chi connectivity index (χ4n) is 3.60. The van der Waals surface area contributed by atoms with E-state index in [-0.39, 0.29) is 17.5 Å². The van der Waals surface area contributed by atoms with Gasteiger partial charge in [0.25, 0.3) is 5.91 Å². The molecule has 1 fully saturated rings. The van der Waals surface area contributed by atoms with Gasteiger partial charge in [-0.15, -0.1) is 0 Å².